The van der Waals surface area contributed by atoms with E-state index in [1.54, 1.807) is 12.1 Å². The molecule has 1 unspecified atom stereocenters. The summed E-state index contributed by atoms with van der Waals surface area (Å²) in [7, 11) is 0. The van der Waals surface area contributed by atoms with Gasteiger partial charge in [-0.1, -0.05) is 25.0 Å². The fourth-order valence-electron chi connectivity index (χ4n) is 2.98. The Labute approximate surface area is 108 Å². The third-order valence-electron chi connectivity index (χ3n) is 4.24. The number of hydrogen-bond donors (Lipinski definition) is 0. The van der Waals surface area contributed by atoms with Gasteiger partial charge in [0.25, 0.3) is 0 Å². The lowest BCUT2D eigenvalue weighted by atomic mass is 9.77. The van der Waals surface area contributed by atoms with E-state index in [2.05, 4.69) is 0 Å². The number of hydrogen-bond acceptors (Lipinski definition) is 2. The maximum Gasteiger partial charge on any atom is 0.183 e. The molecular weight excluding hydrogens is 229 g/mol. The molecule has 3 heteroatoms. The number of benzene rings is 1. The van der Waals surface area contributed by atoms with Gasteiger partial charge in [-0.3, -0.25) is 0 Å². The molecule has 1 aromatic rings. The highest BCUT2D eigenvalue weighted by Crippen LogP contribution is 2.37. The van der Waals surface area contributed by atoms with Gasteiger partial charge >= 0.3 is 0 Å². The SMILES string of the molecule is Fc1ccccc1ON1CCCCC1C1CCC1. The van der Waals surface area contributed by atoms with Crippen molar-refractivity contribution in [3.8, 4) is 5.75 Å². The van der Waals surface area contributed by atoms with Crippen LogP contribution in [0.5, 0.6) is 5.75 Å². The molecule has 1 saturated heterocycles. The quantitative estimate of drug-likeness (QED) is 0.808. The summed E-state index contributed by atoms with van der Waals surface area (Å²) in [6, 6.07) is 7.18. The summed E-state index contributed by atoms with van der Waals surface area (Å²) < 4.78 is 13.6. The van der Waals surface area contributed by atoms with Crippen molar-refractivity contribution in [1.82, 2.24) is 5.06 Å². The highest BCUT2D eigenvalue weighted by atomic mass is 19.1. The van der Waals surface area contributed by atoms with Gasteiger partial charge in [0.05, 0.1) is 0 Å². The average Bonchev–Trinajstić information content (AvgIpc) is 2.32. The Morgan fingerprint density at radius 3 is 2.61 bits per heavy atom. The number of halogens is 1. The summed E-state index contributed by atoms with van der Waals surface area (Å²) in [5.41, 5.74) is 0. The summed E-state index contributed by atoms with van der Waals surface area (Å²) in [4.78, 5) is 5.81. The predicted octanol–water partition coefficient (Wildman–Crippen LogP) is 3.77. The van der Waals surface area contributed by atoms with E-state index >= 15 is 0 Å². The highest BCUT2D eigenvalue weighted by molar-refractivity contribution is 5.23. The number of piperidine rings is 1. The fourth-order valence-corrected chi connectivity index (χ4v) is 2.98. The molecule has 18 heavy (non-hydrogen) atoms. The summed E-state index contributed by atoms with van der Waals surface area (Å²) in [6.45, 7) is 0.926. The summed E-state index contributed by atoms with van der Waals surface area (Å²) in [5.74, 6) is 0.858. The zero-order valence-electron chi connectivity index (χ0n) is 10.6. The second-order valence-corrected chi connectivity index (χ2v) is 5.42. The number of hydroxylamine groups is 2. The highest BCUT2D eigenvalue weighted by Gasteiger charge is 2.35. The van der Waals surface area contributed by atoms with Crippen LogP contribution in [0.3, 0.4) is 0 Å². The first-order valence-electron chi connectivity index (χ1n) is 7.04. The van der Waals surface area contributed by atoms with Gasteiger partial charge in [-0.2, -0.15) is 0 Å². The molecule has 1 saturated carbocycles. The lowest BCUT2D eigenvalue weighted by Crippen LogP contribution is -2.48. The van der Waals surface area contributed by atoms with Crippen molar-refractivity contribution >= 4 is 0 Å². The molecule has 2 fully saturated rings. The molecule has 0 radical (unpaired) electrons. The fraction of sp³-hybridized carbons (Fsp3) is 0.600. The Morgan fingerprint density at radius 1 is 1.06 bits per heavy atom. The lowest BCUT2D eigenvalue weighted by molar-refractivity contribution is -0.139. The third kappa shape index (κ3) is 2.37. The lowest BCUT2D eigenvalue weighted by Gasteiger charge is -2.42. The molecule has 98 valence electrons. The van der Waals surface area contributed by atoms with E-state index in [1.165, 1.54) is 38.2 Å². The van der Waals surface area contributed by atoms with Crippen molar-refractivity contribution in [2.45, 2.75) is 44.6 Å². The maximum absolute atomic E-state index is 13.6. The van der Waals surface area contributed by atoms with Gasteiger partial charge < -0.3 is 4.84 Å². The Kier molecular flexibility index (Phi) is 3.50. The van der Waals surface area contributed by atoms with Gasteiger partial charge in [-0.05, 0) is 43.7 Å². The topological polar surface area (TPSA) is 12.5 Å². The Hall–Kier alpha value is -1.09. The Bertz CT molecular complexity index is 405. The normalized spacial score (nSPS) is 25.7. The second-order valence-electron chi connectivity index (χ2n) is 5.42. The maximum atomic E-state index is 13.6. The largest absolute Gasteiger partial charge is 0.403 e. The van der Waals surface area contributed by atoms with E-state index in [0.29, 0.717) is 11.8 Å². The molecule has 2 aliphatic rings. The summed E-state index contributed by atoms with van der Waals surface area (Å²) >= 11 is 0. The molecule has 1 atom stereocenters. The number of para-hydroxylation sites is 1. The van der Waals surface area contributed by atoms with Crippen molar-refractivity contribution in [3.63, 3.8) is 0 Å². The van der Waals surface area contributed by atoms with Gasteiger partial charge in [-0.15, -0.1) is 5.06 Å². The molecular formula is C15H20FNO. The van der Waals surface area contributed by atoms with E-state index in [4.69, 9.17) is 4.84 Å². The molecule has 0 spiro atoms. The molecule has 0 aromatic heterocycles. The van der Waals surface area contributed by atoms with Crippen LogP contribution in [-0.2, 0) is 0 Å². The summed E-state index contributed by atoms with van der Waals surface area (Å²) in [6.07, 6.45) is 7.58. The van der Waals surface area contributed by atoms with Gasteiger partial charge in [0.15, 0.2) is 11.6 Å². The van der Waals surface area contributed by atoms with Crippen molar-refractivity contribution in [1.29, 1.82) is 0 Å². The smallest absolute Gasteiger partial charge is 0.183 e. The van der Waals surface area contributed by atoms with Gasteiger partial charge in [0.2, 0.25) is 0 Å². The number of rotatable bonds is 3. The van der Waals surface area contributed by atoms with E-state index in [-0.39, 0.29) is 5.82 Å². The molecule has 1 aliphatic heterocycles. The second kappa shape index (κ2) is 5.27. The zero-order valence-corrected chi connectivity index (χ0v) is 10.6. The molecule has 0 N–H and O–H groups in total. The first kappa shape index (κ1) is 12.0. The first-order valence-corrected chi connectivity index (χ1v) is 7.04. The number of nitrogens with zero attached hydrogens (tertiary/aromatic N) is 1. The Balaban J connectivity index is 1.71. The van der Waals surface area contributed by atoms with Gasteiger partial charge in [0.1, 0.15) is 0 Å². The van der Waals surface area contributed by atoms with Crippen LogP contribution in [0.2, 0.25) is 0 Å². The molecule has 0 bridgehead atoms. The van der Waals surface area contributed by atoms with Crippen molar-refractivity contribution in [3.05, 3.63) is 30.1 Å². The van der Waals surface area contributed by atoms with Crippen molar-refractivity contribution in [2.75, 3.05) is 6.54 Å². The molecule has 1 aromatic carbocycles. The van der Waals surface area contributed by atoms with Gasteiger partial charge in [0, 0.05) is 12.6 Å². The van der Waals surface area contributed by atoms with Crippen molar-refractivity contribution in [2.24, 2.45) is 5.92 Å². The third-order valence-corrected chi connectivity index (χ3v) is 4.24. The molecule has 3 rings (SSSR count). The van der Waals surface area contributed by atoms with Gasteiger partial charge in [-0.25, -0.2) is 4.39 Å². The Morgan fingerprint density at radius 2 is 1.89 bits per heavy atom. The van der Waals surface area contributed by atoms with E-state index < -0.39 is 0 Å². The van der Waals surface area contributed by atoms with Crippen LogP contribution in [0, 0.1) is 11.7 Å². The molecule has 1 heterocycles. The van der Waals surface area contributed by atoms with Crippen molar-refractivity contribution < 1.29 is 9.23 Å². The van der Waals surface area contributed by atoms with Crippen LogP contribution >= 0.6 is 0 Å². The standard InChI is InChI=1S/C15H20FNO/c16-13-8-1-2-10-15(13)18-17-11-4-3-9-14(17)12-6-5-7-12/h1-2,8,10,12,14H,3-7,9,11H2. The van der Waals surface area contributed by atoms with Crippen LogP contribution in [0.15, 0.2) is 24.3 Å². The molecule has 0 amide bonds. The van der Waals surface area contributed by atoms with Crippen LogP contribution in [0.4, 0.5) is 4.39 Å². The van der Waals surface area contributed by atoms with Crippen LogP contribution < -0.4 is 4.84 Å². The minimum Gasteiger partial charge on any atom is -0.403 e. The predicted molar refractivity (Wildman–Crippen MR) is 68.7 cm³/mol. The minimum absolute atomic E-state index is 0.268. The van der Waals surface area contributed by atoms with E-state index in [9.17, 15) is 4.39 Å². The van der Waals surface area contributed by atoms with Crippen LogP contribution in [-0.4, -0.2) is 17.6 Å². The average molecular weight is 249 g/mol. The first-order chi connectivity index (χ1) is 8.84. The zero-order chi connectivity index (χ0) is 12.4. The van der Waals surface area contributed by atoms with E-state index in [1.807, 2.05) is 11.1 Å². The molecule has 1 aliphatic carbocycles. The van der Waals surface area contributed by atoms with Crippen LogP contribution in [0.1, 0.15) is 38.5 Å². The van der Waals surface area contributed by atoms with E-state index in [0.717, 1.165) is 18.9 Å². The molecule has 2 nitrogen and oxygen atoms in total. The summed E-state index contributed by atoms with van der Waals surface area (Å²) in [5, 5.41) is 2.03. The minimum atomic E-state index is -0.268. The van der Waals surface area contributed by atoms with Crippen LogP contribution in [0.25, 0.3) is 0 Å². The monoisotopic (exact) mass is 249 g/mol.